The highest BCUT2D eigenvalue weighted by Gasteiger charge is 2.48. The first-order chi connectivity index (χ1) is 11.2. The Hall–Kier alpha value is -1.15. The Morgan fingerprint density at radius 3 is 2.52 bits per heavy atom. The highest BCUT2D eigenvalue weighted by atomic mass is 35.5. The molecule has 142 valence electrons. The average molecular weight is 391 g/mol. The summed E-state index contributed by atoms with van der Waals surface area (Å²) in [6.07, 6.45) is 1.83. The van der Waals surface area contributed by atoms with Gasteiger partial charge >= 0.3 is 0 Å². The number of hydrogen-bond acceptors (Lipinski definition) is 5. The van der Waals surface area contributed by atoms with Gasteiger partial charge in [0.15, 0.2) is 14.6 Å². The molecule has 0 unspecified atom stereocenters. The third-order valence-electron chi connectivity index (χ3n) is 4.30. The third-order valence-corrected chi connectivity index (χ3v) is 6.32. The number of ether oxygens (including phenoxy) is 1. The van der Waals surface area contributed by atoms with Gasteiger partial charge in [-0.2, -0.15) is 0 Å². The smallest absolute Gasteiger partial charge is 0.245 e. The maximum Gasteiger partial charge on any atom is 0.245 e. The zero-order valence-corrected chi connectivity index (χ0v) is 16.5. The Bertz CT molecular complexity index is 686. The standard InChI is InChI=1S/C17H26N2O4S.ClH/c1-13(2)23-12-14-5-4-6-15(11-14)19-16(20)17(24(3,21)22)7-9-18-10-8-17;/h4-6,11,13,18H,7-10,12H2,1-3H3,(H,19,20);1H. The summed E-state index contributed by atoms with van der Waals surface area (Å²) in [5, 5.41) is 5.89. The first kappa shape index (κ1) is 21.9. The minimum atomic E-state index is -3.52. The summed E-state index contributed by atoms with van der Waals surface area (Å²) < 4.78 is 28.8. The number of nitrogens with one attached hydrogen (secondary N) is 2. The fraction of sp³-hybridized carbons (Fsp3) is 0.588. The average Bonchev–Trinajstić information content (AvgIpc) is 2.53. The molecule has 6 nitrogen and oxygen atoms in total. The van der Waals surface area contributed by atoms with Crippen molar-refractivity contribution in [2.24, 2.45) is 0 Å². The Morgan fingerprint density at radius 1 is 1.32 bits per heavy atom. The number of amides is 1. The van der Waals surface area contributed by atoms with Crippen LogP contribution in [0.5, 0.6) is 0 Å². The summed E-state index contributed by atoms with van der Waals surface area (Å²) in [4.78, 5) is 12.8. The minimum Gasteiger partial charge on any atom is -0.374 e. The molecule has 0 bridgehead atoms. The van der Waals surface area contributed by atoms with Crippen LogP contribution in [0.2, 0.25) is 0 Å². The number of hydrogen-bond donors (Lipinski definition) is 2. The van der Waals surface area contributed by atoms with Crippen LogP contribution in [-0.2, 0) is 26.0 Å². The Morgan fingerprint density at radius 2 is 1.96 bits per heavy atom. The maximum atomic E-state index is 12.8. The number of rotatable bonds is 6. The van der Waals surface area contributed by atoms with Crippen molar-refractivity contribution in [2.75, 3.05) is 24.7 Å². The number of anilines is 1. The third kappa shape index (κ3) is 5.41. The number of halogens is 1. The van der Waals surface area contributed by atoms with Gasteiger partial charge in [-0.25, -0.2) is 8.42 Å². The summed E-state index contributed by atoms with van der Waals surface area (Å²) in [6.45, 7) is 5.39. The lowest BCUT2D eigenvalue weighted by molar-refractivity contribution is -0.119. The van der Waals surface area contributed by atoms with Crippen LogP contribution in [0.3, 0.4) is 0 Å². The van der Waals surface area contributed by atoms with Crippen LogP contribution in [0.4, 0.5) is 5.69 Å². The number of sulfone groups is 1. The van der Waals surface area contributed by atoms with Crippen molar-refractivity contribution >= 4 is 33.8 Å². The van der Waals surface area contributed by atoms with Gasteiger partial charge in [0.1, 0.15) is 0 Å². The quantitative estimate of drug-likeness (QED) is 0.777. The van der Waals surface area contributed by atoms with Gasteiger partial charge in [0.05, 0.1) is 12.7 Å². The summed E-state index contributed by atoms with van der Waals surface area (Å²) in [7, 11) is -3.52. The molecule has 1 aromatic rings. The first-order valence-electron chi connectivity index (χ1n) is 8.17. The van der Waals surface area contributed by atoms with Crippen LogP contribution < -0.4 is 10.6 Å². The van der Waals surface area contributed by atoms with E-state index in [4.69, 9.17) is 4.74 Å². The first-order valence-corrected chi connectivity index (χ1v) is 10.1. The molecule has 0 atom stereocenters. The van der Waals surface area contributed by atoms with E-state index in [1.165, 1.54) is 0 Å². The molecular formula is C17H27ClN2O4S. The molecular weight excluding hydrogens is 364 g/mol. The Balaban J connectivity index is 0.00000312. The summed E-state index contributed by atoms with van der Waals surface area (Å²) >= 11 is 0. The molecule has 1 fully saturated rings. The Kier molecular flexibility index (Phi) is 7.87. The van der Waals surface area contributed by atoms with Crippen molar-refractivity contribution < 1.29 is 17.9 Å². The van der Waals surface area contributed by atoms with Crippen molar-refractivity contribution in [3.8, 4) is 0 Å². The van der Waals surface area contributed by atoms with Gasteiger partial charge in [-0.15, -0.1) is 12.4 Å². The van der Waals surface area contributed by atoms with Crippen LogP contribution in [-0.4, -0.2) is 44.5 Å². The van der Waals surface area contributed by atoms with E-state index in [2.05, 4.69) is 10.6 Å². The molecule has 1 aliphatic rings. The van der Waals surface area contributed by atoms with Crippen molar-refractivity contribution in [3.63, 3.8) is 0 Å². The van der Waals surface area contributed by atoms with Crippen molar-refractivity contribution in [3.05, 3.63) is 29.8 Å². The molecule has 1 aliphatic heterocycles. The second-order valence-electron chi connectivity index (χ2n) is 6.53. The second-order valence-corrected chi connectivity index (χ2v) is 8.86. The van der Waals surface area contributed by atoms with Gasteiger partial charge in [-0.3, -0.25) is 4.79 Å². The van der Waals surface area contributed by atoms with Crippen molar-refractivity contribution in [1.29, 1.82) is 0 Å². The van der Waals surface area contributed by atoms with E-state index in [0.717, 1.165) is 11.8 Å². The van der Waals surface area contributed by atoms with E-state index in [0.29, 0.717) is 25.4 Å². The normalized spacial score (nSPS) is 17.0. The molecule has 1 amide bonds. The highest BCUT2D eigenvalue weighted by molar-refractivity contribution is 7.92. The summed E-state index contributed by atoms with van der Waals surface area (Å²) in [5.41, 5.74) is 1.52. The van der Waals surface area contributed by atoms with Crippen LogP contribution in [0, 0.1) is 0 Å². The van der Waals surface area contributed by atoms with Crippen LogP contribution in [0.1, 0.15) is 32.3 Å². The lowest BCUT2D eigenvalue weighted by atomic mass is 9.95. The van der Waals surface area contributed by atoms with Crippen LogP contribution in [0.15, 0.2) is 24.3 Å². The molecule has 1 saturated heterocycles. The van der Waals surface area contributed by atoms with E-state index in [1.807, 2.05) is 32.0 Å². The Labute approximate surface area is 156 Å². The highest BCUT2D eigenvalue weighted by Crippen LogP contribution is 2.29. The van der Waals surface area contributed by atoms with E-state index < -0.39 is 20.5 Å². The van der Waals surface area contributed by atoms with Gasteiger partial charge in [-0.05, 0) is 57.5 Å². The molecule has 0 aromatic heterocycles. The number of piperidine rings is 1. The lowest BCUT2D eigenvalue weighted by Crippen LogP contribution is -2.55. The molecule has 0 saturated carbocycles. The predicted octanol–water partition coefficient (Wildman–Crippen LogP) is 2.14. The van der Waals surface area contributed by atoms with Crippen LogP contribution >= 0.6 is 12.4 Å². The molecule has 0 spiro atoms. The number of carbonyl (C=O) groups excluding carboxylic acids is 1. The molecule has 25 heavy (non-hydrogen) atoms. The van der Waals surface area contributed by atoms with E-state index in [9.17, 15) is 13.2 Å². The largest absolute Gasteiger partial charge is 0.374 e. The molecule has 8 heteroatoms. The number of carbonyl (C=O) groups is 1. The van der Waals surface area contributed by atoms with Gasteiger partial charge < -0.3 is 15.4 Å². The minimum absolute atomic E-state index is 0. The van der Waals surface area contributed by atoms with Gasteiger partial charge in [0.25, 0.3) is 0 Å². The predicted molar refractivity (Wildman–Crippen MR) is 102 cm³/mol. The fourth-order valence-electron chi connectivity index (χ4n) is 2.84. The van der Waals surface area contributed by atoms with E-state index >= 15 is 0 Å². The zero-order chi connectivity index (χ0) is 17.8. The van der Waals surface area contributed by atoms with Crippen LogP contribution in [0.25, 0.3) is 0 Å². The number of benzene rings is 1. The molecule has 1 aromatic carbocycles. The fourth-order valence-corrected chi connectivity index (χ4v) is 4.18. The van der Waals surface area contributed by atoms with Gasteiger partial charge in [0.2, 0.25) is 5.91 Å². The van der Waals surface area contributed by atoms with Gasteiger partial charge in [-0.1, -0.05) is 12.1 Å². The molecule has 0 radical (unpaired) electrons. The van der Waals surface area contributed by atoms with E-state index in [1.54, 1.807) is 6.07 Å². The maximum absolute atomic E-state index is 12.8. The summed E-state index contributed by atoms with van der Waals surface area (Å²) in [5.74, 6) is -0.451. The van der Waals surface area contributed by atoms with Gasteiger partial charge in [0, 0.05) is 11.9 Å². The molecule has 2 rings (SSSR count). The lowest BCUT2D eigenvalue weighted by Gasteiger charge is -2.34. The monoisotopic (exact) mass is 390 g/mol. The molecule has 0 aliphatic carbocycles. The zero-order valence-electron chi connectivity index (χ0n) is 14.9. The topological polar surface area (TPSA) is 84.5 Å². The molecule has 1 heterocycles. The van der Waals surface area contributed by atoms with E-state index in [-0.39, 0.29) is 31.4 Å². The second kappa shape index (κ2) is 8.98. The molecule has 2 N–H and O–H groups in total. The van der Waals surface area contributed by atoms with Crippen molar-refractivity contribution in [1.82, 2.24) is 5.32 Å². The van der Waals surface area contributed by atoms with Crippen molar-refractivity contribution in [2.45, 2.75) is 44.1 Å². The summed E-state index contributed by atoms with van der Waals surface area (Å²) in [6, 6.07) is 7.31. The SMILES string of the molecule is CC(C)OCc1cccc(NC(=O)C2(S(C)(=O)=O)CCNCC2)c1.Cl.